The molecular weight excluding hydrogens is 492 g/mol. The molecule has 0 saturated carbocycles. The van der Waals surface area contributed by atoms with E-state index >= 15 is 0 Å². The van der Waals surface area contributed by atoms with Gasteiger partial charge in [0.2, 0.25) is 17.8 Å². The van der Waals surface area contributed by atoms with E-state index in [1.54, 1.807) is 18.3 Å². The minimum Gasteiger partial charge on any atom is -0.489 e. The number of nitro benzene ring substituents is 1. The monoisotopic (exact) mass is 520 g/mol. The molecule has 2 fully saturated rings. The van der Waals surface area contributed by atoms with Crippen molar-refractivity contribution < 1.29 is 19.1 Å². The van der Waals surface area contributed by atoms with Crippen molar-refractivity contribution in [3.63, 3.8) is 0 Å². The van der Waals surface area contributed by atoms with Gasteiger partial charge in [-0.05, 0) is 35.4 Å². The maximum atomic E-state index is 10.8. The normalized spacial score (nSPS) is 16.0. The Morgan fingerprint density at radius 1 is 0.947 bits per heavy atom. The van der Waals surface area contributed by atoms with Gasteiger partial charge in [0.1, 0.15) is 12.4 Å². The SMILES string of the molecule is O=[N+]([O-])c1ccc(COc2cccc(/C=N\Nc3nc(N4CCOCC4)nc(N4CCOCC4)n3)c2)cc1. The van der Waals surface area contributed by atoms with Crippen LogP contribution in [0.25, 0.3) is 0 Å². The maximum absolute atomic E-state index is 10.8. The number of nitrogens with one attached hydrogen (secondary N) is 1. The summed E-state index contributed by atoms with van der Waals surface area (Å²) in [5.41, 5.74) is 4.63. The van der Waals surface area contributed by atoms with Gasteiger partial charge in [0.15, 0.2) is 0 Å². The zero-order valence-electron chi connectivity index (χ0n) is 20.7. The van der Waals surface area contributed by atoms with Crippen LogP contribution in [0.5, 0.6) is 5.75 Å². The first-order chi connectivity index (χ1) is 18.6. The van der Waals surface area contributed by atoms with Gasteiger partial charge in [-0.1, -0.05) is 12.1 Å². The molecule has 0 spiro atoms. The molecule has 0 amide bonds. The molecular formula is C25H28N8O5. The lowest BCUT2D eigenvalue weighted by atomic mass is 10.2. The number of nitrogens with zero attached hydrogens (tertiary/aromatic N) is 7. The van der Waals surface area contributed by atoms with Crippen molar-refractivity contribution in [3.05, 3.63) is 69.8 Å². The summed E-state index contributed by atoms with van der Waals surface area (Å²) in [5, 5.41) is 15.2. The number of morpholine rings is 2. The Kier molecular flexibility index (Phi) is 8.16. The number of non-ortho nitro benzene ring substituents is 1. The van der Waals surface area contributed by atoms with E-state index in [1.165, 1.54) is 12.1 Å². The number of hydrazone groups is 1. The van der Waals surface area contributed by atoms with E-state index in [-0.39, 0.29) is 12.3 Å². The Hall–Kier alpha value is -4.36. The number of rotatable bonds is 9. The molecule has 0 unspecified atom stereocenters. The summed E-state index contributed by atoms with van der Waals surface area (Å²) in [6.07, 6.45) is 1.66. The number of nitro groups is 1. The zero-order chi connectivity index (χ0) is 26.2. The van der Waals surface area contributed by atoms with Crippen LogP contribution >= 0.6 is 0 Å². The number of hydrogen-bond acceptors (Lipinski definition) is 12. The molecule has 13 nitrogen and oxygen atoms in total. The fraction of sp³-hybridized carbons (Fsp3) is 0.360. The summed E-state index contributed by atoms with van der Waals surface area (Å²) < 4.78 is 16.8. The zero-order valence-corrected chi connectivity index (χ0v) is 20.7. The molecule has 0 bridgehead atoms. The van der Waals surface area contributed by atoms with Crippen LogP contribution in [0.2, 0.25) is 0 Å². The molecule has 13 heteroatoms. The van der Waals surface area contributed by atoms with E-state index in [0.29, 0.717) is 76.2 Å². The molecule has 38 heavy (non-hydrogen) atoms. The van der Waals surface area contributed by atoms with E-state index in [4.69, 9.17) is 19.2 Å². The quantitative estimate of drug-likeness (QED) is 0.253. The highest BCUT2D eigenvalue weighted by molar-refractivity contribution is 5.80. The minimum absolute atomic E-state index is 0.0479. The molecule has 2 aliphatic rings. The number of hydrogen-bond donors (Lipinski definition) is 1. The van der Waals surface area contributed by atoms with Crippen LogP contribution < -0.4 is 20.0 Å². The van der Waals surface area contributed by atoms with Crippen LogP contribution in [0.4, 0.5) is 23.5 Å². The highest BCUT2D eigenvalue weighted by Gasteiger charge is 2.20. The third-order valence-corrected chi connectivity index (χ3v) is 5.99. The van der Waals surface area contributed by atoms with Crippen LogP contribution in [0.1, 0.15) is 11.1 Å². The summed E-state index contributed by atoms with van der Waals surface area (Å²) in [6.45, 7) is 5.64. The van der Waals surface area contributed by atoms with Gasteiger partial charge >= 0.3 is 0 Å². The fourth-order valence-electron chi connectivity index (χ4n) is 3.94. The molecule has 2 aromatic carbocycles. The average Bonchev–Trinajstić information content (AvgIpc) is 2.97. The van der Waals surface area contributed by atoms with E-state index in [1.807, 2.05) is 24.3 Å². The summed E-state index contributed by atoms with van der Waals surface area (Å²) in [7, 11) is 0. The van der Waals surface area contributed by atoms with Gasteiger partial charge in [-0.2, -0.15) is 20.1 Å². The third kappa shape index (κ3) is 6.69. The summed E-state index contributed by atoms with van der Waals surface area (Å²) in [5.74, 6) is 2.18. The van der Waals surface area contributed by atoms with Crippen molar-refractivity contribution in [2.75, 3.05) is 67.8 Å². The fourth-order valence-corrected chi connectivity index (χ4v) is 3.94. The summed E-state index contributed by atoms with van der Waals surface area (Å²) >= 11 is 0. The van der Waals surface area contributed by atoms with Gasteiger partial charge in [0, 0.05) is 38.3 Å². The van der Waals surface area contributed by atoms with Crippen LogP contribution in [0.15, 0.2) is 53.6 Å². The highest BCUT2D eigenvalue weighted by Crippen LogP contribution is 2.20. The van der Waals surface area contributed by atoms with E-state index in [0.717, 1.165) is 11.1 Å². The average molecular weight is 521 g/mol. The Labute approximate surface area is 219 Å². The minimum atomic E-state index is -0.425. The summed E-state index contributed by atoms with van der Waals surface area (Å²) in [6, 6.07) is 13.7. The van der Waals surface area contributed by atoms with Gasteiger partial charge in [-0.15, -0.1) is 0 Å². The van der Waals surface area contributed by atoms with Crippen LogP contribution in [-0.4, -0.2) is 78.7 Å². The standard InChI is InChI=1S/C25H28N8O5/c34-33(35)21-6-4-19(5-7-21)18-38-22-3-1-2-20(16-22)17-26-30-23-27-24(31-8-12-36-13-9-31)29-25(28-23)32-10-14-37-15-11-32/h1-7,16-17H,8-15,18H2,(H,27,28,29,30)/b26-17-. The van der Waals surface area contributed by atoms with Gasteiger partial charge in [-0.3, -0.25) is 10.1 Å². The van der Waals surface area contributed by atoms with Crippen molar-refractivity contribution >= 4 is 29.7 Å². The van der Waals surface area contributed by atoms with Crippen LogP contribution in [0.3, 0.4) is 0 Å². The Bertz CT molecular complexity index is 1220. The second-order valence-electron chi connectivity index (χ2n) is 8.61. The van der Waals surface area contributed by atoms with E-state index in [2.05, 4.69) is 30.3 Å². The maximum Gasteiger partial charge on any atom is 0.269 e. The molecule has 1 N–H and O–H groups in total. The molecule has 198 valence electrons. The van der Waals surface area contributed by atoms with Gasteiger partial charge in [0.25, 0.3) is 5.69 Å². The van der Waals surface area contributed by atoms with Crippen molar-refractivity contribution in [2.24, 2.45) is 5.10 Å². The first kappa shape index (κ1) is 25.3. The van der Waals surface area contributed by atoms with Gasteiger partial charge < -0.3 is 24.0 Å². The molecule has 5 rings (SSSR count). The molecule has 3 heterocycles. The lowest BCUT2D eigenvalue weighted by molar-refractivity contribution is -0.384. The number of benzene rings is 2. The predicted octanol–water partition coefficient (Wildman–Crippen LogP) is 2.48. The topological polar surface area (TPSA) is 140 Å². The van der Waals surface area contributed by atoms with Crippen molar-refractivity contribution in [1.29, 1.82) is 0 Å². The molecule has 3 aromatic rings. The predicted molar refractivity (Wildman–Crippen MR) is 141 cm³/mol. The van der Waals surface area contributed by atoms with Gasteiger partial charge in [0.05, 0.1) is 37.6 Å². The highest BCUT2D eigenvalue weighted by atomic mass is 16.6. The Morgan fingerprint density at radius 3 is 2.18 bits per heavy atom. The molecule has 0 aliphatic carbocycles. The smallest absolute Gasteiger partial charge is 0.269 e. The molecule has 1 aromatic heterocycles. The third-order valence-electron chi connectivity index (χ3n) is 5.99. The Morgan fingerprint density at radius 2 is 1.58 bits per heavy atom. The van der Waals surface area contributed by atoms with Crippen molar-refractivity contribution in [2.45, 2.75) is 6.61 Å². The van der Waals surface area contributed by atoms with E-state index < -0.39 is 4.92 Å². The summed E-state index contributed by atoms with van der Waals surface area (Å²) in [4.78, 5) is 28.4. The first-order valence-electron chi connectivity index (χ1n) is 12.3. The lowest BCUT2D eigenvalue weighted by Gasteiger charge is -2.30. The molecule has 2 saturated heterocycles. The Balaban J connectivity index is 1.25. The van der Waals surface area contributed by atoms with Crippen LogP contribution in [-0.2, 0) is 16.1 Å². The molecule has 0 radical (unpaired) electrons. The second kappa shape index (κ2) is 12.3. The first-order valence-corrected chi connectivity index (χ1v) is 12.3. The largest absolute Gasteiger partial charge is 0.489 e. The number of ether oxygens (including phenoxy) is 3. The van der Waals surface area contributed by atoms with Crippen LogP contribution in [0, 0.1) is 10.1 Å². The molecule has 2 aliphatic heterocycles. The number of anilines is 3. The van der Waals surface area contributed by atoms with Crippen molar-refractivity contribution in [3.8, 4) is 5.75 Å². The molecule has 0 atom stereocenters. The van der Waals surface area contributed by atoms with Gasteiger partial charge in [-0.25, -0.2) is 5.43 Å². The lowest BCUT2D eigenvalue weighted by Crippen LogP contribution is -2.40. The van der Waals surface area contributed by atoms with E-state index in [9.17, 15) is 10.1 Å². The van der Waals surface area contributed by atoms with Crippen molar-refractivity contribution in [1.82, 2.24) is 15.0 Å². The second-order valence-corrected chi connectivity index (χ2v) is 8.61. The number of aromatic nitrogens is 3.